The molecule has 0 bridgehead atoms. The van der Waals surface area contributed by atoms with Crippen molar-refractivity contribution in [3.05, 3.63) is 65.8 Å². The molecular weight excluding hydrogens is 382 g/mol. The molecule has 1 N–H and O–H groups in total. The second kappa shape index (κ2) is 5.91. The maximum Gasteiger partial charge on any atom is 0.266 e. The molecule has 3 nitrogen and oxygen atoms in total. The number of benzene rings is 2. The van der Waals surface area contributed by atoms with Crippen molar-refractivity contribution in [1.82, 2.24) is 9.55 Å². The fraction of sp³-hybridized carbons (Fsp3) is 0.0667. The van der Waals surface area contributed by atoms with Gasteiger partial charge in [0.15, 0.2) is 4.77 Å². The number of halogens is 4. The van der Waals surface area contributed by atoms with Crippen LogP contribution in [0.25, 0.3) is 16.6 Å². The maximum atomic E-state index is 13.8. The molecule has 0 saturated carbocycles. The summed E-state index contributed by atoms with van der Waals surface area (Å²) in [6, 6.07) is 5.55. The first-order valence-electron chi connectivity index (χ1n) is 6.39. The summed E-state index contributed by atoms with van der Waals surface area (Å²) in [4.78, 5) is 15.7. The molecule has 0 aliphatic rings. The number of H-pyrrole nitrogens is 1. The van der Waals surface area contributed by atoms with Crippen LogP contribution >= 0.6 is 47.0 Å². The minimum Gasteiger partial charge on any atom is -0.331 e. The smallest absolute Gasteiger partial charge is 0.266 e. The molecule has 118 valence electrons. The highest BCUT2D eigenvalue weighted by molar-refractivity contribution is 7.71. The van der Waals surface area contributed by atoms with E-state index < -0.39 is 11.4 Å². The molecule has 23 heavy (non-hydrogen) atoms. The molecule has 0 atom stereocenters. The van der Waals surface area contributed by atoms with Gasteiger partial charge in [0.2, 0.25) is 0 Å². The molecule has 0 saturated heterocycles. The summed E-state index contributed by atoms with van der Waals surface area (Å²) in [7, 11) is 0. The quantitative estimate of drug-likeness (QED) is 0.443. The van der Waals surface area contributed by atoms with Crippen LogP contribution in [0.2, 0.25) is 15.1 Å². The van der Waals surface area contributed by atoms with Crippen molar-refractivity contribution in [2.24, 2.45) is 0 Å². The lowest BCUT2D eigenvalue weighted by Gasteiger charge is -2.11. The van der Waals surface area contributed by atoms with Gasteiger partial charge in [0.25, 0.3) is 5.56 Å². The molecule has 0 aliphatic carbocycles. The van der Waals surface area contributed by atoms with Crippen molar-refractivity contribution in [3.8, 4) is 5.69 Å². The molecule has 0 fully saturated rings. The number of aromatic nitrogens is 2. The first-order chi connectivity index (χ1) is 10.8. The topological polar surface area (TPSA) is 37.8 Å². The van der Waals surface area contributed by atoms with Crippen molar-refractivity contribution in [1.29, 1.82) is 0 Å². The predicted molar refractivity (Wildman–Crippen MR) is 94.5 cm³/mol. The van der Waals surface area contributed by atoms with E-state index in [1.165, 1.54) is 12.1 Å². The number of nitrogens with zero attached hydrogens (tertiary/aromatic N) is 1. The molecule has 0 spiro atoms. The van der Waals surface area contributed by atoms with E-state index in [9.17, 15) is 9.18 Å². The van der Waals surface area contributed by atoms with Crippen LogP contribution in [-0.4, -0.2) is 9.55 Å². The molecule has 0 amide bonds. The van der Waals surface area contributed by atoms with Gasteiger partial charge in [0, 0.05) is 11.1 Å². The second-order valence-corrected chi connectivity index (χ2v) is 6.54. The van der Waals surface area contributed by atoms with E-state index in [-0.39, 0.29) is 20.5 Å². The van der Waals surface area contributed by atoms with Crippen LogP contribution in [0.5, 0.6) is 0 Å². The number of fused-ring (bicyclic) bond motifs is 1. The van der Waals surface area contributed by atoms with Crippen molar-refractivity contribution >= 4 is 57.9 Å². The third kappa shape index (κ3) is 2.78. The number of hydrogen-bond acceptors (Lipinski definition) is 2. The van der Waals surface area contributed by atoms with E-state index in [4.69, 9.17) is 47.0 Å². The first kappa shape index (κ1) is 16.5. The fourth-order valence-corrected chi connectivity index (χ4v) is 3.17. The van der Waals surface area contributed by atoms with Crippen molar-refractivity contribution in [2.75, 3.05) is 0 Å². The van der Waals surface area contributed by atoms with E-state index in [0.29, 0.717) is 15.9 Å². The Bertz CT molecular complexity index is 1070. The summed E-state index contributed by atoms with van der Waals surface area (Å²) in [5.41, 5.74) is 1.01. The second-order valence-electron chi connectivity index (χ2n) is 4.94. The molecular formula is C15H8Cl3FN2OS. The molecule has 2 aromatic carbocycles. The highest BCUT2D eigenvalue weighted by Crippen LogP contribution is 2.27. The number of aryl methyl sites for hydroxylation is 1. The highest BCUT2D eigenvalue weighted by atomic mass is 35.5. The monoisotopic (exact) mass is 388 g/mol. The van der Waals surface area contributed by atoms with Crippen LogP contribution in [0.4, 0.5) is 4.39 Å². The van der Waals surface area contributed by atoms with E-state index in [0.717, 1.165) is 16.2 Å². The van der Waals surface area contributed by atoms with Gasteiger partial charge in [-0.2, -0.15) is 0 Å². The van der Waals surface area contributed by atoms with E-state index in [1.54, 1.807) is 6.07 Å². The highest BCUT2D eigenvalue weighted by Gasteiger charge is 2.14. The van der Waals surface area contributed by atoms with Gasteiger partial charge in [-0.1, -0.05) is 34.8 Å². The van der Waals surface area contributed by atoms with Crippen LogP contribution in [-0.2, 0) is 0 Å². The van der Waals surface area contributed by atoms with Crippen LogP contribution in [0.15, 0.2) is 29.1 Å². The standard InChI is InChI=1S/C15H8Cl3FN2OS/c1-6-2-12-7(3-8(6)16)14(22)21(15(23)20-12)13-5-11(19)9(17)4-10(13)18/h2-5H,1H3,(H,20,23). The minimum absolute atomic E-state index is 0.0906. The van der Waals surface area contributed by atoms with E-state index >= 15 is 0 Å². The predicted octanol–water partition coefficient (Wildman–Crippen LogP) is 5.46. The first-order valence-corrected chi connectivity index (χ1v) is 7.94. The Morgan fingerprint density at radius 1 is 1.09 bits per heavy atom. The minimum atomic E-state index is -0.700. The molecule has 0 unspecified atom stereocenters. The number of nitrogens with one attached hydrogen (secondary N) is 1. The van der Waals surface area contributed by atoms with Gasteiger partial charge in [0.1, 0.15) is 5.82 Å². The number of hydrogen-bond donors (Lipinski definition) is 1. The molecule has 1 aromatic heterocycles. The van der Waals surface area contributed by atoms with Gasteiger partial charge in [-0.05, 0) is 42.9 Å². The summed E-state index contributed by atoms with van der Waals surface area (Å²) in [6.45, 7) is 1.82. The summed E-state index contributed by atoms with van der Waals surface area (Å²) < 4.78 is 15.0. The SMILES string of the molecule is Cc1cc2[nH]c(=S)n(-c3cc(F)c(Cl)cc3Cl)c(=O)c2cc1Cl. The lowest BCUT2D eigenvalue weighted by molar-refractivity contribution is 0.626. The molecule has 8 heteroatoms. The Labute approximate surface area is 150 Å². The molecule has 1 heterocycles. The lowest BCUT2D eigenvalue weighted by atomic mass is 10.1. The Balaban J connectivity index is 2.44. The molecule has 3 rings (SSSR count). The Kier molecular flexibility index (Phi) is 4.23. The van der Waals surface area contributed by atoms with Gasteiger partial charge in [-0.15, -0.1) is 0 Å². The summed E-state index contributed by atoms with van der Waals surface area (Å²) >= 11 is 23.1. The zero-order chi connectivity index (χ0) is 16.9. The van der Waals surface area contributed by atoms with Gasteiger partial charge < -0.3 is 4.98 Å². The van der Waals surface area contributed by atoms with E-state index in [2.05, 4.69) is 4.98 Å². The molecule has 3 aromatic rings. The summed E-state index contributed by atoms with van der Waals surface area (Å²) in [5, 5.41) is 0.734. The normalized spacial score (nSPS) is 11.2. The number of aromatic amines is 1. The average molecular weight is 390 g/mol. The lowest BCUT2D eigenvalue weighted by Crippen LogP contribution is -2.21. The van der Waals surface area contributed by atoms with Gasteiger partial charge in [-0.3, -0.25) is 9.36 Å². The third-order valence-corrected chi connectivity index (χ3v) is 4.69. The molecule has 0 radical (unpaired) electrons. The average Bonchev–Trinajstić information content (AvgIpc) is 2.47. The zero-order valence-corrected chi connectivity index (χ0v) is 14.7. The van der Waals surface area contributed by atoms with Gasteiger partial charge in [0.05, 0.1) is 26.6 Å². The Morgan fingerprint density at radius 2 is 1.78 bits per heavy atom. The third-order valence-electron chi connectivity index (χ3n) is 3.41. The summed E-state index contributed by atoms with van der Waals surface area (Å²) in [6.07, 6.45) is 0. The fourth-order valence-electron chi connectivity index (χ4n) is 2.25. The summed E-state index contributed by atoms with van der Waals surface area (Å²) in [5.74, 6) is -0.700. The Hall–Kier alpha value is -1.40. The van der Waals surface area contributed by atoms with Crippen molar-refractivity contribution in [2.45, 2.75) is 6.92 Å². The largest absolute Gasteiger partial charge is 0.331 e. The van der Waals surface area contributed by atoms with E-state index in [1.807, 2.05) is 6.92 Å². The zero-order valence-electron chi connectivity index (χ0n) is 11.6. The van der Waals surface area contributed by atoms with Gasteiger partial charge in [-0.25, -0.2) is 4.39 Å². The van der Waals surface area contributed by atoms with Gasteiger partial charge >= 0.3 is 0 Å². The van der Waals surface area contributed by atoms with Crippen LogP contribution in [0.1, 0.15) is 5.56 Å². The maximum absolute atomic E-state index is 13.8. The van der Waals surface area contributed by atoms with Crippen LogP contribution < -0.4 is 5.56 Å². The van der Waals surface area contributed by atoms with Crippen molar-refractivity contribution in [3.63, 3.8) is 0 Å². The van der Waals surface area contributed by atoms with Crippen LogP contribution in [0.3, 0.4) is 0 Å². The number of rotatable bonds is 1. The Morgan fingerprint density at radius 3 is 2.48 bits per heavy atom. The van der Waals surface area contributed by atoms with Crippen molar-refractivity contribution < 1.29 is 4.39 Å². The molecule has 0 aliphatic heterocycles. The van der Waals surface area contributed by atoms with Crippen LogP contribution in [0, 0.1) is 17.5 Å².